The van der Waals surface area contributed by atoms with Crippen molar-refractivity contribution in [2.24, 2.45) is 0 Å². The van der Waals surface area contributed by atoms with Crippen molar-refractivity contribution in [3.8, 4) is 125 Å². The average Bonchev–Trinajstić information content (AvgIpc) is 1.58. The largest absolute Gasteiger partial charge is 0.455 e. The van der Waals surface area contributed by atoms with Gasteiger partial charge in [-0.05, 0) is 53.6 Å². The van der Waals surface area contributed by atoms with Crippen LogP contribution in [0.2, 0.25) is 0 Å². The second-order valence-corrected chi connectivity index (χ2v) is 26.6. The maximum absolute atomic E-state index is 6.98. The second kappa shape index (κ2) is 23.3. The molecule has 0 N–H and O–H groups in total. The first kappa shape index (κ1) is 57.1. The number of hydrogen-bond donors (Lipinski definition) is 0. The van der Waals surface area contributed by atoms with Gasteiger partial charge in [0.1, 0.15) is 22.3 Å². The molecule has 466 valence electrons. The molecule has 0 radical (unpaired) electrons. The summed E-state index contributed by atoms with van der Waals surface area (Å²) in [5.41, 5.74) is 16.9. The lowest BCUT2D eigenvalue weighted by Crippen LogP contribution is -2.00. The first-order valence-electron chi connectivity index (χ1n) is 32.8. The highest BCUT2D eigenvalue weighted by molar-refractivity contribution is 7.26. The van der Waals surface area contributed by atoms with E-state index in [1.54, 1.807) is 22.7 Å². The maximum atomic E-state index is 6.98. The SMILES string of the molecule is c1ccc(-c2nc(-c3ccc(-c4cccc(-c5nc(-c6ccccc6)nc(-c6cccc7oc8c(-c9nc(-c%10ccccc%10)nc%10c9sc9ccccc9%10)cccc8c67)n5)c4)cc3)nc(-c3cccc4oc5c(-c6nc(-c7ccccc7)c7sc8ccccc8c7n6)cccc5c34)n2)cc1. The van der Waals surface area contributed by atoms with Crippen molar-refractivity contribution >= 4 is 107 Å². The molecule has 0 aliphatic carbocycles. The zero-order valence-corrected chi connectivity index (χ0v) is 54.5. The molecule has 12 nitrogen and oxygen atoms in total. The molecule has 0 atom stereocenters. The number of fused-ring (bicyclic) bond motifs is 12. The van der Waals surface area contributed by atoms with E-state index in [0.29, 0.717) is 68.9 Å². The van der Waals surface area contributed by atoms with Crippen LogP contribution in [-0.2, 0) is 0 Å². The maximum Gasteiger partial charge on any atom is 0.164 e. The van der Waals surface area contributed by atoms with Gasteiger partial charge in [-0.3, -0.25) is 0 Å². The number of furan rings is 2. The summed E-state index contributed by atoms with van der Waals surface area (Å²) in [5.74, 6) is 4.39. The van der Waals surface area contributed by atoms with Crippen molar-refractivity contribution in [2.45, 2.75) is 0 Å². The molecular formula is C86H48N10O2S2. The van der Waals surface area contributed by atoms with E-state index < -0.39 is 0 Å². The van der Waals surface area contributed by atoms with Crippen molar-refractivity contribution in [2.75, 3.05) is 0 Å². The fraction of sp³-hybridized carbons (Fsp3) is 0. The zero-order chi connectivity index (χ0) is 65.8. The summed E-state index contributed by atoms with van der Waals surface area (Å²) in [6, 6.07) is 98.7. The molecule has 0 spiro atoms. The summed E-state index contributed by atoms with van der Waals surface area (Å²) in [6.07, 6.45) is 0. The lowest BCUT2D eigenvalue weighted by molar-refractivity contribution is 0.669. The summed E-state index contributed by atoms with van der Waals surface area (Å²) in [6.45, 7) is 0. The van der Waals surface area contributed by atoms with Crippen molar-refractivity contribution in [3.63, 3.8) is 0 Å². The standard InChI is InChI=1S/C86H48N10O2S2/c1-5-22-50(23-6-1)71-77-72(57-32-13-15-42-67(57)99-77)90-86(87-71)64-39-19-35-60-70-62(37-21-41-66(70)98-76(60)64)84-93-80(52-26-9-3-10-27-52)91-82(95-84)54-46-44-49(45-47-54)55-30-17-31-56(48-55)83-92-81(53-28-11-4-12-29-53)94-85(96-83)61-36-20-40-65-69(61)59-34-18-38-63(75(59)97-65)74-78-73(58-33-14-16-43-68(58)100-78)88-79(89-74)51-24-7-2-8-25-51/h1-48H. The Kier molecular flexibility index (Phi) is 13.3. The molecule has 20 rings (SSSR count). The molecule has 14 heteroatoms. The van der Waals surface area contributed by atoms with Gasteiger partial charge in [0.05, 0.1) is 37.4 Å². The van der Waals surface area contributed by atoms with Crippen LogP contribution in [0.3, 0.4) is 0 Å². The molecule has 0 aliphatic rings. The Morgan fingerprint density at radius 3 is 1.12 bits per heavy atom. The molecule has 0 amide bonds. The molecular weight excluding hydrogens is 1270 g/mol. The van der Waals surface area contributed by atoms with Gasteiger partial charge in [-0.15, -0.1) is 22.7 Å². The predicted octanol–water partition coefficient (Wildman–Crippen LogP) is 22.5. The van der Waals surface area contributed by atoms with Crippen LogP contribution >= 0.6 is 22.7 Å². The van der Waals surface area contributed by atoms with Gasteiger partial charge in [0.15, 0.2) is 46.6 Å². The molecule has 12 aromatic carbocycles. The quantitative estimate of drug-likeness (QED) is 0.121. The molecule has 0 bridgehead atoms. The third-order valence-electron chi connectivity index (χ3n) is 18.5. The van der Waals surface area contributed by atoms with Crippen molar-refractivity contribution < 1.29 is 8.83 Å². The van der Waals surface area contributed by atoms with Gasteiger partial charge in [-0.25, -0.2) is 49.8 Å². The summed E-state index contributed by atoms with van der Waals surface area (Å²) in [7, 11) is 0. The molecule has 20 aromatic rings. The lowest BCUT2D eigenvalue weighted by Gasteiger charge is -2.11. The van der Waals surface area contributed by atoms with E-state index in [1.165, 1.54) is 0 Å². The van der Waals surface area contributed by atoms with E-state index in [0.717, 1.165) is 140 Å². The number of aromatic nitrogens is 10. The molecule has 0 saturated carbocycles. The van der Waals surface area contributed by atoms with Crippen LogP contribution in [0.4, 0.5) is 0 Å². The van der Waals surface area contributed by atoms with Gasteiger partial charge in [0.2, 0.25) is 0 Å². The Hall–Kier alpha value is -13.1. The minimum atomic E-state index is 0.509. The smallest absolute Gasteiger partial charge is 0.164 e. The highest BCUT2D eigenvalue weighted by Gasteiger charge is 2.26. The zero-order valence-electron chi connectivity index (χ0n) is 52.8. The van der Waals surface area contributed by atoms with E-state index in [2.05, 4.69) is 152 Å². The third-order valence-corrected chi connectivity index (χ3v) is 20.8. The van der Waals surface area contributed by atoms with E-state index in [9.17, 15) is 0 Å². The first-order valence-corrected chi connectivity index (χ1v) is 34.4. The first-order chi connectivity index (χ1) is 49.5. The van der Waals surface area contributed by atoms with Crippen LogP contribution in [0.25, 0.3) is 209 Å². The van der Waals surface area contributed by atoms with Crippen LogP contribution in [0.5, 0.6) is 0 Å². The Balaban J connectivity index is 0.672. The second-order valence-electron chi connectivity index (χ2n) is 24.5. The lowest BCUT2D eigenvalue weighted by atomic mass is 10.0. The van der Waals surface area contributed by atoms with Crippen molar-refractivity contribution in [3.05, 3.63) is 291 Å². The highest BCUT2D eigenvalue weighted by atomic mass is 32.1. The average molecular weight is 1320 g/mol. The van der Waals surface area contributed by atoms with Crippen LogP contribution in [0, 0.1) is 0 Å². The van der Waals surface area contributed by atoms with Gasteiger partial charge < -0.3 is 8.83 Å². The monoisotopic (exact) mass is 1320 g/mol. The van der Waals surface area contributed by atoms with E-state index >= 15 is 0 Å². The fourth-order valence-corrected chi connectivity index (χ4v) is 16.1. The molecule has 8 aromatic heterocycles. The molecule has 0 aliphatic heterocycles. The Morgan fingerprint density at radius 2 is 0.570 bits per heavy atom. The number of rotatable bonds is 11. The topological polar surface area (TPSA) is 155 Å². The van der Waals surface area contributed by atoms with Gasteiger partial charge in [-0.2, -0.15) is 0 Å². The molecule has 0 saturated heterocycles. The normalized spacial score (nSPS) is 11.8. The predicted molar refractivity (Wildman–Crippen MR) is 405 cm³/mol. The minimum absolute atomic E-state index is 0.509. The van der Waals surface area contributed by atoms with Crippen molar-refractivity contribution in [1.29, 1.82) is 0 Å². The van der Waals surface area contributed by atoms with Crippen LogP contribution in [0.1, 0.15) is 0 Å². The van der Waals surface area contributed by atoms with Gasteiger partial charge in [0, 0.05) is 91.8 Å². The number of thiophene rings is 2. The summed E-state index contributed by atoms with van der Waals surface area (Å²) in [4.78, 5) is 52.7. The van der Waals surface area contributed by atoms with Crippen LogP contribution in [-0.4, -0.2) is 49.8 Å². The Morgan fingerprint density at radius 1 is 0.220 bits per heavy atom. The van der Waals surface area contributed by atoms with E-state index in [1.807, 2.05) is 140 Å². The Labute approximate surface area is 578 Å². The molecule has 0 fully saturated rings. The van der Waals surface area contributed by atoms with Gasteiger partial charge in [-0.1, -0.05) is 249 Å². The number of hydrogen-bond acceptors (Lipinski definition) is 14. The summed E-state index contributed by atoms with van der Waals surface area (Å²) < 4.78 is 18.2. The molecule has 100 heavy (non-hydrogen) atoms. The van der Waals surface area contributed by atoms with Gasteiger partial charge >= 0.3 is 0 Å². The molecule has 8 heterocycles. The number of nitrogens with zero attached hydrogens (tertiary/aromatic N) is 10. The molecule has 0 unspecified atom stereocenters. The van der Waals surface area contributed by atoms with Gasteiger partial charge in [0.25, 0.3) is 0 Å². The van der Waals surface area contributed by atoms with E-state index in [-0.39, 0.29) is 0 Å². The minimum Gasteiger partial charge on any atom is -0.455 e. The number of benzene rings is 12. The van der Waals surface area contributed by atoms with Crippen LogP contribution < -0.4 is 0 Å². The van der Waals surface area contributed by atoms with Crippen molar-refractivity contribution in [1.82, 2.24) is 49.8 Å². The fourth-order valence-electron chi connectivity index (χ4n) is 13.8. The Bertz CT molecular complexity index is 6660. The van der Waals surface area contributed by atoms with Crippen LogP contribution in [0.15, 0.2) is 300 Å². The summed E-state index contributed by atoms with van der Waals surface area (Å²) in [5, 5.41) is 5.76. The number of para-hydroxylation sites is 2. The highest BCUT2D eigenvalue weighted by Crippen LogP contribution is 2.47. The third kappa shape index (κ3) is 9.64. The summed E-state index contributed by atoms with van der Waals surface area (Å²) >= 11 is 3.41. The van der Waals surface area contributed by atoms with E-state index in [4.69, 9.17) is 58.7 Å².